The van der Waals surface area contributed by atoms with Crippen molar-refractivity contribution in [2.75, 3.05) is 13.2 Å². The molecule has 1 N–H and O–H groups in total. The van der Waals surface area contributed by atoms with Gasteiger partial charge in [0.2, 0.25) is 0 Å². The Morgan fingerprint density at radius 2 is 2.29 bits per heavy atom. The van der Waals surface area contributed by atoms with E-state index < -0.39 is 0 Å². The van der Waals surface area contributed by atoms with Gasteiger partial charge in [-0.05, 0) is 37.1 Å². The normalized spacial score (nSPS) is 20.5. The fraction of sp³-hybridized carbons (Fsp3) is 0.538. The fourth-order valence-corrected chi connectivity index (χ4v) is 2.48. The van der Waals surface area contributed by atoms with Crippen molar-refractivity contribution in [1.82, 2.24) is 5.32 Å². The van der Waals surface area contributed by atoms with Crippen LogP contribution in [0.15, 0.2) is 22.7 Å². The standard InChI is InChI=1S/C13H17BrFNO/c14-13-7-11(15)5-4-10(13)8-17-9-12-3-1-2-6-16-12/h4-5,7,12,16H,1-3,6,8-9H2. The molecule has 1 unspecified atom stereocenters. The quantitative estimate of drug-likeness (QED) is 0.922. The fourth-order valence-electron chi connectivity index (χ4n) is 2.02. The average molecular weight is 302 g/mol. The molecule has 0 saturated carbocycles. The van der Waals surface area contributed by atoms with Crippen LogP contribution in [0.1, 0.15) is 24.8 Å². The summed E-state index contributed by atoms with van der Waals surface area (Å²) in [4.78, 5) is 0. The summed E-state index contributed by atoms with van der Waals surface area (Å²) < 4.78 is 19.3. The molecular formula is C13H17BrFNO. The van der Waals surface area contributed by atoms with E-state index in [0.29, 0.717) is 12.6 Å². The Morgan fingerprint density at radius 1 is 1.41 bits per heavy atom. The van der Waals surface area contributed by atoms with Crippen LogP contribution in [0.3, 0.4) is 0 Å². The molecule has 0 amide bonds. The van der Waals surface area contributed by atoms with E-state index in [1.165, 1.54) is 31.4 Å². The van der Waals surface area contributed by atoms with Crippen molar-refractivity contribution in [2.45, 2.75) is 31.9 Å². The van der Waals surface area contributed by atoms with E-state index in [4.69, 9.17) is 4.74 Å². The molecule has 4 heteroatoms. The Hall–Kier alpha value is -0.450. The van der Waals surface area contributed by atoms with Crippen LogP contribution in [0.25, 0.3) is 0 Å². The minimum Gasteiger partial charge on any atom is -0.375 e. The molecule has 1 aromatic rings. The Morgan fingerprint density at radius 3 is 3.00 bits per heavy atom. The molecule has 1 aliphatic rings. The summed E-state index contributed by atoms with van der Waals surface area (Å²) in [5.74, 6) is -0.227. The predicted octanol–water partition coefficient (Wildman–Crippen LogP) is 3.25. The number of rotatable bonds is 4. The van der Waals surface area contributed by atoms with Gasteiger partial charge in [0.05, 0.1) is 13.2 Å². The number of ether oxygens (including phenoxy) is 1. The average Bonchev–Trinajstić information content (AvgIpc) is 2.33. The predicted molar refractivity (Wildman–Crippen MR) is 69.4 cm³/mol. The zero-order valence-electron chi connectivity index (χ0n) is 9.72. The maximum Gasteiger partial charge on any atom is 0.124 e. The van der Waals surface area contributed by atoms with Gasteiger partial charge in [-0.25, -0.2) is 4.39 Å². The van der Waals surface area contributed by atoms with Gasteiger partial charge < -0.3 is 10.1 Å². The number of piperidine rings is 1. The number of benzene rings is 1. The molecular weight excluding hydrogens is 285 g/mol. The van der Waals surface area contributed by atoms with Crippen LogP contribution in [-0.2, 0) is 11.3 Å². The molecule has 1 aromatic carbocycles. The van der Waals surface area contributed by atoms with E-state index in [2.05, 4.69) is 21.2 Å². The molecule has 1 fully saturated rings. The van der Waals surface area contributed by atoms with Crippen LogP contribution in [0.4, 0.5) is 4.39 Å². The Labute approximate surface area is 110 Å². The molecule has 0 bridgehead atoms. The molecule has 0 spiro atoms. The summed E-state index contributed by atoms with van der Waals surface area (Å²) in [6.07, 6.45) is 3.73. The van der Waals surface area contributed by atoms with Gasteiger partial charge in [0.15, 0.2) is 0 Å². The van der Waals surface area contributed by atoms with Crippen molar-refractivity contribution >= 4 is 15.9 Å². The maximum absolute atomic E-state index is 12.9. The number of halogens is 2. The van der Waals surface area contributed by atoms with Crippen LogP contribution < -0.4 is 5.32 Å². The molecule has 0 radical (unpaired) electrons. The number of nitrogens with one attached hydrogen (secondary N) is 1. The van der Waals surface area contributed by atoms with Gasteiger partial charge in [0, 0.05) is 10.5 Å². The minimum absolute atomic E-state index is 0.227. The smallest absolute Gasteiger partial charge is 0.124 e. The highest BCUT2D eigenvalue weighted by Gasteiger charge is 2.12. The van der Waals surface area contributed by atoms with Crippen molar-refractivity contribution < 1.29 is 9.13 Å². The lowest BCUT2D eigenvalue weighted by Crippen LogP contribution is -2.37. The van der Waals surface area contributed by atoms with E-state index in [1.54, 1.807) is 6.07 Å². The monoisotopic (exact) mass is 301 g/mol. The summed E-state index contributed by atoms with van der Waals surface area (Å²) in [7, 11) is 0. The lowest BCUT2D eigenvalue weighted by molar-refractivity contribution is 0.0908. The molecule has 94 valence electrons. The second kappa shape index (κ2) is 6.47. The summed E-state index contributed by atoms with van der Waals surface area (Å²) in [5, 5.41) is 3.43. The molecule has 1 aliphatic heterocycles. The van der Waals surface area contributed by atoms with Crippen LogP contribution >= 0.6 is 15.9 Å². The van der Waals surface area contributed by atoms with Crippen LogP contribution in [0.5, 0.6) is 0 Å². The third kappa shape index (κ3) is 4.05. The van der Waals surface area contributed by atoms with E-state index in [0.717, 1.165) is 23.2 Å². The lowest BCUT2D eigenvalue weighted by Gasteiger charge is -2.23. The first-order valence-corrected chi connectivity index (χ1v) is 6.80. The highest BCUT2D eigenvalue weighted by Crippen LogP contribution is 2.19. The largest absolute Gasteiger partial charge is 0.375 e. The van der Waals surface area contributed by atoms with Crippen molar-refractivity contribution in [2.24, 2.45) is 0 Å². The second-order valence-electron chi connectivity index (χ2n) is 4.40. The van der Waals surface area contributed by atoms with E-state index in [9.17, 15) is 4.39 Å². The minimum atomic E-state index is -0.227. The summed E-state index contributed by atoms with van der Waals surface area (Å²) in [6, 6.07) is 5.16. The zero-order chi connectivity index (χ0) is 12.1. The lowest BCUT2D eigenvalue weighted by atomic mass is 10.1. The van der Waals surface area contributed by atoms with Crippen molar-refractivity contribution in [3.05, 3.63) is 34.1 Å². The molecule has 1 saturated heterocycles. The summed E-state index contributed by atoms with van der Waals surface area (Å²) in [6.45, 7) is 2.34. The molecule has 1 heterocycles. The first-order valence-electron chi connectivity index (χ1n) is 6.01. The van der Waals surface area contributed by atoms with Gasteiger partial charge in [0.25, 0.3) is 0 Å². The summed E-state index contributed by atoms with van der Waals surface area (Å²) >= 11 is 3.34. The summed E-state index contributed by atoms with van der Waals surface area (Å²) in [5.41, 5.74) is 0.988. The highest BCUT2D eigenvalue weighted by molar-refractivity contribution is 9.10. The van der Waals surface area contributed by atoms with Crippen LogP contribution in [0, 0.1) is 5.82 Å². The molecule has 2 rings (SSSR count). The maximum atomic E-state index is 12.9. The van der Waals surface area contributed by atoms with Gasteiger partial charge in [-0.3, -0.25) is 0 Å². The van der Waals surface area contributed by atoms with Gasteiger partial charge >= 0.3 is 0 Å². The Bertz CT molecular complexity index is 366. The van der Waals surface area contributed by atoms with Crippen LogP contribution in [-0.4, -0.2) is 19.2 Å². The molecule has 17 heavy (non-hydrogen) atoms. The van der Waals surface area contributed by atoms with Gasteiger partial charge in [-0.2, -0.15) is 0 Å². The first-order chi connectivity index (χ1) is 8.25. The van der Waals surface area contributed by atoms with Gasteiger partial charge in [-0.1, -0.05) is 28.4 Å². The number of hydrogen-bond acceptors (Lipinski definition) is 2. The van der Waals surface area contributed by atoms with Gasteiger partial charge in [-0.15, -0.1) is 0 Å². The van der Waals surface area contributed by atoms with Crippen molar-refractivity contribution in [1.29, 1.82) is 0 Å². The van der Waals surface area contributed by atoms with Crippen molar-refractivity contribution in [3.63, 3.8) is 0 Å². The highest BCUT2D eigenvalue weighted by atomic mass is 79.9. The topological polar surface area (TPSA) is 21.3 Å². The van der Waals surface area contributed by atoms with Gasteiger partial charge in [0.1, 0.15) is 5.82 Å². The molecule has 0 aliphatic carbocycles. The van der Waals surface area contributed by atoms with E-state index in [-0.39, 0.29) is 5.82 Å². The Balaban J connectivity index is 1.77. The first kappa shape index (κ1) is 13.0. The molecule has 1 atom stereocenters. The second-order valence-corrected chi connectivity index (χ2v) is 5.25. The van der Waals surface area contributed by atoms with E-state index in [1.807, 2.05) is 0 Å². The van der Waals surface area contributed by atoms with E-state index >= 15 is 0 Å². The SMILES string of the molecule is Fc1ccc(COCC2CCCCN2)c(Br)c1. The molecule has 0 aromatic heterocycles. The zero-order valence-corrected chi connectivity index (χ0v) is 11.3. The van der Waals surface area contributed by atoms with Crippen molar-refractivity contribution in [3.8, 4) is 0 Å². The van der Waals surface area contributed by atoms with Crippen LogP contribution in [0.2, 0.25) is 0 Å². The molecule has 2 nitrogen and oxygen atoms in total. The third-order valence-corrected chi connectivity index (χ3v) is 3.74. The number of hydrogen-bond donors (Lipinski definition) is 1. The third-order valence-electron chi connectivity index (χ3n) is 3.00. The Kier molecular flexibility index (Phi) is 4.95.